The molecule has 3 aromatic heterocycles. The quantitative estimate of drug-likeness (QED) is 0.149. The molecular formula is C51H38N5Pt-. The van der Waals surface area contributed by atoms with Gasteiger partial charge in [0.15, 0.2) is 17.4 Å². The van der Waals surface area contributed by atoms with Gasteiger partial charge in [-0.3, -0.25) is 0 Å². The monoisotopic (exact) mass is 915 g/mol. The molecule has 0 saturated heterocycles. The topological polar surface area (TPSA) is 30.9 Å². The van der Waals surface area contributed by atoms with E-state index in [2.05, 4.69) is 222 Å². The van der Waals surface area contributed by atoms with Crippen LogP contribution in [0.4, 0.5) is 17.1 Å². The van der Waals surface area contributed by atoms with Crippen molar-refractivity contribution in [2.24, 2.45) is 0 Å². The van der Waals surface area contributed by atoms with Crippen LogP contribution in [-0.4, -0.2) is 18.7 Å². The van der Waals surface area contributed by atoms with E-state index >= 15 is 0 Å². The Morgan fingerprint density at radius 2 is 1.19 bits per heavy atom. The van der Waals surface area contributed by atoms with Gasteiger partial charge in [-0.1, -0.05) is 114 Å². The number of nitrogens with zero attached hydrogens (tertiary/aromatic N) is 5. The Hall–Kier alpha value is -6.55. The summed E-state index contributed by atoms with van der Waals surface area (Å²) in [6.45, 7) is 6.51. The van der Waals surface area contributed by atoms with E-state index in [4.69, 9.17) is 4.98 Å². The minimum Gasteiger partial charge on any atom is -0.357 e. The predicted octanol–water partition coefficient (Wildman–Crippen LogP) is 12.9. The molecule has 10 rings (SSSR count). The molecule has 0 amide bonds. The van der Waals surface area contributed by atoms with E-state index in [1.807, 2.05) is 6.20 Å². The summed E-state index contributed by atoms with van der Waals surface area (Å²) in [7, 11) is 0. The van der Waals surface area contributed by atoms with E-state index in [1.165, 1.54) is 22.3 Å². The fraction of sp³-hybridized carbons (Fsp3) is 0.0588. The van der Waals surface area contributed by atoms with Crippen molar-refractivity contribution in [3.8, 4) is 28.3 Å². The number of hydrogen-bond acceptors (Lipinski definition) is 2. The molecule has 6 heteroatoms. The van der Waals surface area contributed by atoms with Crippen LogP contribution < -0.4 is 4.90 Å². The molecule has 57 heavy (non-hydrogen) atoms. The Morgan fingerprint density at radius 3 is 1.98 bits per heavy atom. The summed E-state index contributed by atoms with van der Waals surface area (Å²) in [5, 5.41) is 2.28. The van der Waals surface area contributed by atoms with Crippen molar-refractivity contribution in [2.75, 3.05) is 4.90 Å². The van der Waals surface area contributed by atoms with E-state index in [0.29, 0.717) is 0 Å². The van der Waals surface area contributed by atoms with Gasteiger partial charge in [-0.2, -0.15) is 16.7 Å². The molecular weight excluding hydrogens is 878 g/mol. The van der Waals surface area contributed by atoms with Gasteiger partial charge in [-0.05, 0) is 84.3 Å². The molecule has 0 aliphatic carbocycles. The molecule has 0 aliphatic heterocycles. The van der Waals surface area contributed by atoms with Gasteiger partial charge < -0.3 is 9.47 Å². The number of pyridine rings is 1. The second-order valence-electron chi connectivity index (χ2n) is 14.4. The summed E-state index contributed by atoms with van der Waals surface area (Å²) in [6, 6.07) is 65.5. The van der Waals surface area contributed by atoms with Gasteiger partial charge in [0.25, 0.3) is 0 Å². The fourth-order valence-corrected chi connectivity index (χ4v) is 8.20. The summed E-state index contributed by atoms with van der Waals surface area (Å²) >= 11 is 0. The van der Waals surface area contributed by atoms with Crippen LogP contribution in [0, 0.1) is 32.9 Å². The maximum atomic E-state index is 4.97. The van der Waals surface area contributed by atoms with Crippen LogP contribution in [0.5, 0.6) is 0 Å². The molecule has 3 heterocycles. The van der Waals surface area contributed by atoms with Gasteiger partial charge in [0, 0.05) is 56.3 Å². The number of anilines is 3. The molecule has 0 bridgehead atoms. The standard InChI is InChI=1S/C51H38N5.Pt/c1-35-15-7-8-22-43(35)38-29-30-52-50(31-38)56-46-24-10-9-23-44(46)45-28-27-42(33-49(45)56)55(51-36(2)16-13-17-37(51)3)41-21-14-20-40(32-41)54-34-53(39-18-5-4-6-19-39)47-25-11-12-26-48(47)54;/h4-31,34H,1-3H3;/q-1;. The first-order valence-electron chi connectivity index (χ1n) is 19.0. The van der Waals surface area contributed by atoms with E-state index in [-0.39, 0.29) is 21.1 Å². The van der Waals surface area contributed by atoms with E-state index in [1.54, 1.807) is 0 Å². The molecule has 0 saturated carbocycles. The first-order chi connectivity index (χ1) is 27.5. The molecule has 10 aromatic rings. The molecule has 0 radical (unpaired) electrons. The fourth-order valence-electron chi connectivity index (χ4n) is 8.20. The summed E-state index contributed by atoms with van der Waals surface area (Å²) in [4.78, 5) is 7.28. The summed E-state index contributed by atoms with van der Waals surface area (Å²) in [5.41, 5.74) is 15.1. The normalized spacial score (nSPS) is 11.3. The molecule has 0 fully saturated rings. The average molecular weight is 916 g/mol. The zero-order chi connectivity index (χ0) is 37.8. The molecule has 278 valence electrons. The van der Waals surface area contributed by atoms with Crippen LogP contribution in [-0.2, 0) is 21.1 Å². The SMILES string of the molecule is Cc1ccccc1-c1ccnc(-n2c3[c-]c(N(c4[c-]c(-n5[cH+]n(-c6ccccc6)c6ccccc65)ccc4)c4c(C)cccc4C)ccc3c3ccccc32)c1.[Pt]. The van der Waals surface area contributed by atoms with Crippen molar-refractivity contribution >= 4 is 49.9 Å². The first-order valence-corrected chi connectivity index (χ1v) is 19.0. The minimum absolute atomic E-state index is 0. The third kappa shape index (κ3) is 6.25. The van der Waals surface area contributed by atoms with Crippen LogP contribution in [0.1, 0.15) is 16.7 Å². The zero-order valence-corrected chi connectivity index (χ0v) is 34.1. The zero-order valence-electron chi connectivity index (χ0n) is 31.8. The van der Waals surface area contributed by atoms with Crippen molar-refractivity contribution in [3.63, 3.8) is 0 Å². The Bertz CT molecular complexity index is 3070. The van der Waals surface area contributed by atoms with Crippen LogP contribution in [0.2, 0.25) is 0 Å². The number of fused-ring (bicyclic) bond motifs is 4. The Kier molecular flexibility index (Phi) is 9.40. The van der Waals surface area contributed by atoms with Gasteiger partial charge in [0.05, 0.1) is 0 Å². The maximum Gasteiger partial charge on any atom is 0.168 e. The van der Waals surface area contributed by atoms with Crippen LogP contribution in [0.3, 0.4) is 0 Å². The number of aromatic nitrogens is 4. The third-order valence-electron chi connectivity index (χ3n) is 10.8. The van der Waals surface area contributed by atoms with Crippen LogP contribution in [0.25, 0.3) is 61.2 Å². The molecule has 7 aromatic carbocycles. The van der Waals surface area contributed by atoms with Crippen molar-refractivity contribution in [1.82, 2.24) is 18.7 Å². The number of aryl methyl sites for hydroxylation is 3. The predicted molar refractivity (Wildman–Crippen MR) is 231 cm³/mol. The van der Waals surface area contributed by atoms with E-state index < -0.39 is 0 Å². The third-order valence-corrected chi connectivity index (χ3v) is 10.8. The van der Waals surface area contributed by atoms with Crippen molar-refractivity contribution in [3.05, 3.63) is 205 Å². The molecule has 5 nitrogen and oxygen atoms in total. The maximum absolute atomic E-state index is 4.97. The van der Waals surface area contributed by atoms with Gasteiger partial charge >= 0.3 is 0 Å². The minimum atomic E-state index is 0. The van der Waals surface area contributed by atoms with Gasteiger partial charge in [-0.25, -0.2) is 9.55 Å². The second kappa shape index (κ2) is 14.8. The molecule has 0 N–H and O–H groups in total. The van der Waals surface area contributed by atoms with E-state index in [9.17, 15) is 0 Å². The van der Waals surface area contributed by atoms with Crippen molar-refractivity contribution in [2.45, 2.75) is 20.8 Å². The number of hydrogen-bond donors (Lipinski definition) is 0. The Morgan fingerprint density at radius 1 is 0.544 bits per heavy atom. The summed E-state index contributed by atoms with van der Waals surface area (Å²) < 4.78 is 6.72. The van der Waals surface area contributed by atoms with Gasteiger partial charge in [0.2, 0.25) is 0 Å². The van der Waals surface area contributed by atoms with Crippen LogP contribution >= 0.6 is 0 Å². The largest absolute Gasteiger partial charge is 0.357 e. The second-order valence-corrected chi connectivity index (χ2v) is 14.4. The van der Waals surface area contributed by atoms with Gasteiger partial charge in [-0.15, -0.1) is 29.7 Å². The van der Waals surface area contributed by atoms with Crippen LogP contribution in [0.15, 0.2) is 176 Å². The molecule has 0 atom stereocenters. The average Bonchev–Trinajstić information content (AvgIpc) is 3.79. The van der Waals surface area contributed by atoms with Gasteiger partial charge in [0.1, 0.15) is 11.5 Å². The summed E-state index contributed by atoms with van der Waals surface area (Å²) in [5.74, 6) is 0.851. The number of para-hydroxylation sites is 5. The molecule has 0 aliphatic rings. The smallest absolute Gasteiger partial charge is 0.168 e. The number of imidazole rings is 1. The Balaban J connectivity index is 0.00000422. The molecule has 0 spiro atoms. The first kappa shape index (κ1) is 36.1. The number of benzene rings is 7. The van der Waals surface area contributed by atoms with Crippen molar-refractivity contribution in [1.29, 1.82) is 0 Å². The Labute approximate surface area is 347 Å². The van der Waals surface area contributed by atoms with Crippen molar-refractivity contribution < 1.29 is 21.1 Å². The number of rotatable bonds is 7. The molecule has 0 unspecified atom stereocenters. The summed E-state index contributed by atoms with van der Waals surface area (Å²) in [6.07, 6.45) is 4.07. The van der Waals surface area contributed by atoms with E-state index in [0.717, 1.165) is 72.7 Å².